The van der Waals surface area contributed by atoms with E-state index in [2.05, 4.69) is 9.97 Å². The highest BCUT2D eigenvalue weighted by atomic mass is 16.3. The molecule has 2 aromatic heterocycles. The molecule has 0 saturated heterocycles. The number of hydrogen-bond donors (Lipinski definition) is 3. The topological polar surface area (TPSA) is 74.9 Å². The minimum Gasteiger partial charge on any atom is -0.388 e. The smallest absolute Gasteiger partial charge is 0.0823 e. The van der Waals surface area contributed by atoms with E-state index in [-0.39, 0.29) is 0 Å². The van der Waals surface area contributed by atoms with Crippen LogP contribution in [0.25, 0.3) is 10.9 Å². The molecule has 0 radical (unpaired) electrons. The maximum atomic E-state index is 9.78. The van der Waals surface area contributed by atoms with Crippen molar-refractivity contribution in [1.82, 2.24) is 9.97 Å². The standard InChI is InChI=1S/C10H13N3O/c11-3-1-10(14)8-6-13-9-2-4-12-5-7(8)9/h2,4-6,10,13-14H,1,3,11H2. The molecule has 1 unspecified atom stereocenters. The zero-order valence-electron chi connectivity index (χ0n) is 7.77. The summed E-state index contributed by atoms with van der Waals surface area (Å²) in [5.41, 5.74) is 7.26. The van der Waals surface area contributed by atoms with E-state index in [0.29, 0.717) is 13.0 Å². The van der Waals surface area contributed by atoms with Crippen LogP contribution in [0.1, 0.15) is 18.1 Å². The zero-order valence-corrected chi connectivity index (χ0v) is 7.77. The van der Waals surface area contributed by atoms with Crippen LogP contribution in [0.5, 0.6) is 0 Å². The predicted molar refractivity (Wildman–Crippen MR) is 54.7 cm³/mol. The molecule has 0 spiro atoms. The molecule has 4 heteroatoms. The Morgan fingerprint density at radius 3 is 3.21 bits per heavy atom. The Kier molecular flexibility index (Phi) is 2.47. The summed E-state index contributed by atoms with van der Waals surface area (Å²) in [6.45, 7) is 0.480. The van der Waals surface area contributed by atoms with E-state index in [9.17, 15) is 5.11 Å². The Hall–Kier alpha value is -1.39. The van der Waals surface area contributed by atoms with Crippen LogP contribution in [0.2, 0.25) is 0 Å². The first-order valence-electron chi connectivity index (χ1n) is 4.62. The highest BCUT2D eigenvalue weighted by Crippen LogP contribution is 2.24. The largest absolute Gasteiger partial charge is 0.388 e. The van der Waals surface area contributed by atoms with Crippen molar-refractivity contribution in [3.05, 3.63) is 30.2 Å². The zero-order chi connectivity index (χ0) is 9.97. The van der Waals surface area contributed by atoms with Crippen LogP contribution in [0, 0.1) is 0 Å². The van der Waals surface area contributed by atoms with Gasteiger partial charge in [-0.05, 0) is 19.0 Å². The second-order valence-corrected chi connectivity index (χ2v) is 3.26. The van der Waals surface area contributed by atoms with Crippen molar-refractivity contribution in [2.45, 2.75) is 12.5 Å². The number of fused-ring (bicyclic) bond motifs is 1. The lowest BCUT2D eigenvalue weighted by Crippen LogP contribution is -2.06. The number of aromatic amines is 1. The SMILES string of the molecule is NCCC(O)c1c[nH]c2ccncc12. The van der Waals surface area contributed by atoms with E-state index < -0.39 is 6.10 Å². The fourth-order valence-corrected chi connectivity index (χ4v) is 1.57. The Morgan fingerprint density at radius 2 is 2.43 bits per heavy atom. The normalized spacial score (nSPS) is 13.3. The van der Waals surface area contributed by atoms with Crippen LogP contribution in [0.3, 0.4) is 0 Å². The van der Waals surface area contributed by atoms with Gasteiger partial charge in [-0.25, -0.2) is 0 Å². The summed E-state index contributed by atoms with van der Waals surface area (Å²) in [4.78, 5) is 7.11. The summed E-state index contributed by atoms with van der Waals surface area (Å²) in [5, 5.41) is 10.7. The van der Waals surface area contributed by atoms with Gasteiger partial charge in [-0.3, -0.25) is 4.98 Å². The van der Waals surface area contributed by atoms with Crippen LogP contribution in [0.4, 0.5) is 0 Å². The number of aliphatic hydroxyl groups is 1. The molecule has 74 valence electrons. The molecule has 0 saturated carbocycles. The van der Waals surface area contributed by atoms with E-state index in [1.807, 2.05) is 12.3 Å². The molecule has 1 atom stereocenters. The Labute approximate surface area is 81.8 Å². The van der Waals surface area contributed by atoms with Gasteiger partial charge < -0.3 is 15.8 Å². The van der Waals surface area contributed by atoms with Crippen LogP contribution >= 0.6 is 0 Å². The first-order valence-corrected chi connectivity index (χ1v) is 4.62. The molecular weight excluding hydrogens is 178 g/mol. The Morgan fingerprint density at radius 1 is 1.57 bits per heavy atom. The highest BCUT2D eigenvalue weighted by molar-refractivity contribution is 5.82. The molecule has 0 amide bonds. The average Bonchev–Trinajstić information content (AvgIpc) is 2.61. The number of pyridine rings is 1. The van der Waals surface area contributed by atoms with Gasteiger partial charge in [-0.15, -0.1) is 0 Å². The van der Waals surface area contributed by atoms with Crippen molar-refractivity contribution >= 4 is 10.9 Å². The quantitative estimate of drug-likeness (QED) is 0.676. The molecule has 0 aliphatic carbocycles. The van der Waals surface area contributed by atoms with Gasteiger partial charge in [0, 0.05) is 35.1 Å². The van der Waals surface area contributed by atoms with Gasteiger partial charge in [0.05, 0.1) is 6.10 Å². The van der Waals surface area contributed by atoms with Gasteiger partial charge in [-0.1, -0.05) is 0 Å². The van der Waals surface area contributed by atoms with E-state index >= 15 is 0 Å². The van der Waals surface area contributed by atoms with Crippen molar-refractivity contribution in [1.29, 1.82) is 0 Å². The monoisotopic (exact) mass is 191 g/mol. The van der Waals surface area contributed by atoms with Gasteiger partial charge in [-0.2, -0.15) is 0 Å². The third-order valence-electron chi connectivity index (χ3n) is 2.31. The van der Waals surface area contributed by atoms with Gasteiger partial charge in [0.1, 0.15) is 0 Å². The molecule has 2 rings (SSSR count). The second kappa shape index (κ2) is 3.77. The number of nitrogens with one attached hydrogen (secondary N) is 1. The fourth-order valence-electron chi connectivity index (χ4n) is 1.57. The van der Waals surface area contributed by atoms with Gasteiger partial charge in [0.25, 0.3) is 0 Å². The molecule has 0 aliphatic heterocycles. The summed E-state index contributed by atoms with van der Waals surface area (Å²) in [7, 11) is 0. The lowest BCUT2D eigenvalue weighted by Gasteiger charge is -2.06. The molecule has 0 bridgehead atoms. The fraction of sp³-hybridized carbons (Fsp3) is 0.300. The van der Waals surface area contributed by atoms with Crippen molar-refractivity contribution in [2.24, 2.45) is 5.73 Å². The molecule has 2 heterocycles. The predicted octanol–water partition coefficient (Wildman–Crippen LogP) is 0.945. The van der Waals surface area contributed by atoms with E-state index in [0.717, 1.165) is 16.5 Å². The number of nitrogens with zero attached hydrogens (tertiary/aromatic N) is 1. The van der Waals surface area contributed by atoms with E-state index in [1.54, 1.807) is 12.4 Å². The molecule has 4 N–H and O–H groups in total. The Balaban J connectivity index is 2.42. The highest BCUT2D eigenvalue weighted by Gasteiger charge is 2.11. The number of hydrogen-bond acceptors (Lipinski definition) is 3. The van der Waals surface area contributed by atoms with E-state index in [1.165, 1.54) is 0 Å². The number of nitrogens with two attached hydrogens (primary N) is 1. The number of aliphatic hydroxyl groups excluding tert-OH is 1. The molecule has 0 fully saturated rings. The van der Waals surface area contributed by atoms with Crippen LogP contribution in [-0.2, 0) is 0 Å². The van der Waals surface area contributed by atoms with Gasteiger partial charge >= 0.3 is 0 Å². The summed E-state index contributed by atoms with van der Waals surface area (Å²) >= 11 is 0. The van der Waals surface area contributed by atoms with Crippen molar-refractivity contribution in [3.8, 4) is 0 Å². The van der Waals surface area contributed by atoms with Gasteiger partial charge in [0.2, 0.25) is 0 Å². The summed E-state index contributed by atoms with van der Waals surface area (Å²) < 4.78 is 0. The van der Waals surface area contributed by atoms with Crippen molar-refractivity contribution < 1.29 is 5.11 Å². The summed E-state index contributed by atoms with van der Waals surface area (Å²) in [6, 6.07) is 1.88. The van der Waals surface area contributed by atoms with Crippen LogP contribution in [0.15, 0.2) is 24.7 Å². The average molecular weight is 191 g/mol. The maximum Gasteiger partial charge on any atom is 0.0823 e. The molecular formula is C10H13N3O. The molecule has 4 nitrogen and oxygen atoms in total. The first kappa shape index (κ1) is 9.18. The first-order chi connectivity index (χ1) is 6.83. The third kappa shape index (κ3) is 1.49. The lowest BCUT2D eigenvalue weighted by molar-refractivity contribution is 0.172. The van der Waals surface area contributed by atoms with Crippen molar-refractivity contribution in [3.63, 3.8) is 0 Å². The number of rotatable bonds is 3. The minimum atomic E-state index is -0.502. The maximum absolute atomic E-state index is 9.78. The third-order valence-corrected chi connectivity index (χ3v) is 2.31. The molecule has 14 heavy (non-hydrogen) atoms. The molecule has 2 aromatic rings. The van der Waals surface area contributed by atoms with Crippen molar-refractivity contribution in [2.75, 3.05) is 6.54 Å². The van der Waals surface area contributed by atoms with Crippen LogP contribution < -0.4 is 5.73 Å². The lowest BCUT2D eigenvalue weighted by atomic mass is 10.1. The Bertz CT molecular complexity index is 424. The number of aromatic nitrogens is 2. The van der Waals surface area contributed by atoms with Crippen LogP contribution in [-0.4, -0.2) is 21.6 Å². The summed E-state index contributed by atoms with van der Waals surface area (Å²) in [6.07, 6.45) is 5.35. The van der Waals surface area contributed by atoms with E-state index in [4.69, 9.17) is 5.73 Å². The molecule has 0 aliphatic rings. The van der Waals surface area contributed by atoms with Gasteiger partial charge in [0.15, 0.2) is 0 Å². The second-order valence-electron chi connectivity index (χ2n) is 3.26. The number of H-pyrrole nitrogens is 1. The minimum absolute atomic E-state index is 0.480. The molecule has 0 aromatic carbocycles. The summed E-state index contributed by atoms with van der Waals surface area (Å²) in [5.74, 6) is 0.